The largest absolute Gasteiger partial charge is 0.491 e. The van der Waals surface area contributed by atoms with E-state index in [1.165, 1.54) is 5.56 Å². The molecule has 0 saturated heterocycles. The molecule has 1 amide bonds. The Morgan fingerprint density at radius 1 is 1.08 bits per heavy atom. The van der Waals surface area contributed by atoms with E-state index in [2.05, 4.69) is 6.92 Å². The van der Waals surface area contributed by atoms with Crippen molar-refractivity contribution in [1.82, 2.24) is 4.90 Å². The van der Waals surface area contributed by atoms with Gasteiger partial charge in [-0.1, -0.05) is 6.07 Å². The topological polar surface area (TPSA) is 55.8 Å². The molecule has 0 spiro atoms. The monoisotopic (exact) mass is 529 g/mol. The van der Waals surface area contributed by atoms with Crippen LogP contribution < -0.4 is 9.47 Å². The Kier molecular flexibility index (Phi) is 7.48. The van der Waals surface area contributed by atoms with Gasteiger partial charge in [0, 0.05) is 30.6 Å². The van der Waals surface area contributed by atoms with E-state index in [1.807, 2.05) is 50.8 Å². The molecule has 0 aromatic heterocycles. The first-order valence-corrected chi connectivity index (χ1v) is 13.8. The van der Waals surface area contributed by atoms with Gasteiger partial charge >= 0.3 is 0 Å². The summed E-state index contributed by atoms with van der Waals surface area (Å²) in [5.74, 6) is 0.623. The fourth-order valence-electron chi connectivity index (χ4n) is 6.22. The third-order valence-corrected chi connectivity index (χ3v) is 8.11. The first kappa shape index (κ1) is 26.9. The summed E-state index contributed by atoms with van der Waals surface area (Å²) in [5.41, 5.74) is 9.48. The zero-order valence-electron chi connectivity index (χ0n) is 23.4. The molecule has 2 aliphatic heterocycles. The summed E-state index contributed by atoms with van der Waals surface area (Å²) in [5, 5.41) is 0. The van der Waals surface area contributed by atoms with Crippen LogP contribution in [0.2, 0.25) is 0 Å². The molecule has 3 aromatic carbocycles. The summed E-state index contributed by atoms with van der Waals surface area (Å²) in [7, 11) is 0. The van der Waals surface area contributed by atoms with Crippen molar-refractivity contribution in [3.05, 3.63) is 80.7 Å². The van der Waals surface area contributed by atoms with Gasteiger partial charge in [-0.3, -0.25) is 4.79 Å². The third-order valence-electron chi connectivity index (χ3n) is 8.11. The van der Waals surface area contributed by atoms with Crippen molar-refractivity contribution in [2.45, 2.75) is 73.0 Å². The van der Waals surface area contributed by atoms with E-state index in [4.69, 9.17) is 9.47 Å². The van der Waals surface area contributed by atoms with E-state index in [0.717, 1.165) is 63.6 Å². The molecular weight excluding hydrogens is 493 g/mol. The number of rotatable bonds is 6. The third kappa shape index (κ3) is 4.93. The minimum absolute atomic E-state index is 0.0188. The number of amides is 1. The molecule has 6 heteroatoms. The number of fused-ring (bicyclic) bond motifs is 2. The van der Waals surface area contributed by atoms with Crippen LogP contribution in [0.15, 0.2) is 30.3 Å². The predicted octanol–water partition coefficient (Wildman–Crippen LogP) is 6.47. The smallest absolute Gasteiger partial charge is 0.254 e. The minimum Gasteiger partial charge on any atom is -0.491 e. The van der Waals surface area contributed by atoms with Crippen LogP contribution in [0.3, 0.4) is 0 Å². The molecule has 0 atom stereocenters. The maximum absolute atomic E-state index is 15.3. The zero-order chi connectivity index (χ0) is 27.8. The van der Waals surface area contributed by atoms with Gasteiger partial charge in [0.15, 0.2) is 11.6 Å². The second kappa shape index (κ2) is 10.8. The van der Waals surface area contributed by atoms with Crippen molar-refractivity contribution in [3.63, 3.8) is 0 Å². The van der Waals surface area contributed by atoms with E-state index >= 15 is 4.39 Å². The molecule has 0 fully saturated rings. The van der Waals surface area contributed by atoms with E-state index in [0.29, 0.717) is 43.2 Å². The van der Waals surface area contributed by atoms with Gasteiger partial charge in [0.25, 0.3) is 5.91 Å². The van der Waals surface area contributed by atoms with Crippen molar-refractivity contribution in [3.8, 4) is 22.6 Å². The van der Waals surface area contributed by atoms with Crippen LogP contribution in [-0.2, 0) is 30.6 Å². The molecule has 0 bridgehead atoms. The summed E-state index contributed by atoms with van der Waals surface area (Å²) in [6.07, 6.45) is 3.52. The molecule has 0 aliphatic carbocycles. The highest BCUT2D eigenvalue weighted by Gasteiger charge is 2.30. The summed E-state index contributed by atoms with van der Waals surface area (Å²) in [6, 6.07) is 8.90. The Labute approximate surface area is 229 Å². The van der Waals surface area contributed by atoms with Crippen LogP contribution in [0.4, 0.5) is 4.39 Å². The van der Waals surface area contributed by atoms with Crippen LogP contribution in [0, 0.1) is 26.6 Å². The van der Waals surface area contributed by atoms with Crippen molar-refractivity contribution in [1.29, 1.82) is 0 Å². The molecule has 5 rings (SSSR count). The van der Waals surface area contributed by atoms with Gasteiger partial charge in [-0.2, -0.15) is 0 Å². The maximum atomic E-state index is 15.3. The van der Waals surface area contributed by atoms with Crippen LogP contribution in [0.5, 0.6) is 11.5 Å². The number of hydrogen-bond donors (Lipinski definition) is 0. The standard InChI is InChI=1S/C33H36FNO4/c1-19(2)39-24-9-6-8-23(16-24)33(37)35-13-11-25-20(3)26(12-14-36)31(22(5)29(25)18-35)28-17-30(34)32-27(21(28)4)10-7-15-38-32/h6,8-9,14,16-17,19H,7,10-13,15,18H2,1-5H3. The predicted molar refractivity (Wildman–Crippen MR) is 150 cm³/mol. The lowest BCUT2D eigenvalue weighted by Crippen LogP contribution is -2.37. The molecule has 2 heterocycles. The first-order valence-electron chi connectivity index (χ1n) is 13.8. The molecule has 0 radical (unpaired) electrons. The molecule has 5 nitrogen and oxygen atoms in total. The van der Waals surface area contributed by atoms with Gasteiger partial charge in [-0.25, -0.2) is 4.39 Å². The molecule has 0 saturated carbocycles. The van der Waals surface area contributed by atoms with E-state index in [-0.39, 0.29) is 24.2 Å². The highest BCUT2D eigenvalue weighted by molar-refractivity contribution is 5.95. The zero-order valence-corrected chi connectivity index (χ0v) is 23.4. The van der Waals surface area contributed by atoms with Gasteiger partial charge in [-0.15, -0.1) is 0 Å². The molecule has 204 valence electrons. The minimum atomic E-state index is -0.363. The average molecular weight is 530 g/mol. The van der Waals surface area contributed by atoms with Crippen molar-refractivity contribution >= 4 is 12.2 Å². The second-order valence-electron chi connectivity index (χ2n) is 10.9. The average Bonchev–Trinajstić information content (AvgIpc) is 2.93. The quantitative estimate of drug-likeness (QED) is 0.344. The van der Waals surface area contributed by atoms with Crippen molar-refractivity contribution in [2.75, 3.05) is 13.2 Å². The lowest BCUT2D eigenvalue weighted by molar-refractivity contribution is -0.107. The summed E-state index contributed by atoms with van der Waals surface area (Å²) >= 11 is 0. The molecule has 2 aliphatic rings. The molecular formula is C33H36FNO4. The number of hydrogen-bond acceptors (Lipinski definition) is 4. The number of ether oxygens (including phenoxy) is 2. The number of benzene rings is 3. The van der Waals surface area contributed by atoms with E-state index in [1.54, 1.807) is 12.1 Å². The summed E-state index contributed by atoms with van der Waals surface area (Å²) in [6.45, 7) is 11.6. The van der Waals surface area contributed by atoms with E-state index in [9.17, 15) is 9.59 Å². The van der Waals surface area contributed by atoms with Crippen LogP contribution >= 0.6 is 0 Å². The number of aldehydes is 1. The Hall–Kier alpha value is -3.67. The van der Waals surface area contributed by atoms with Gasteiger partial charge < -0.3 is 19.2 Å². The molecule has 3 aromatic rings. The lowest BCUT2D eigenvalue weighted by Gasteiger charge is -2.34. The number of halogens is 1. The highest BCUT2D eigenvalue weighted by Crippen LogP contribution is 2.43. The van der Waals surface area contributed by atoms with Gasteiger partial charge in [0.1, 0.15) is 12.0 Å². The molecule has 0 N–H and O–H groups in total. The van der Waals surface area contributed by atoms with Gasteiger partial charge in [0.05, 0.1) is 12.7 Å². The Balaban J connectivity index is 1.59. The number of carbonyl (C=O) groups is 2. The Bertz CT molecular complexity index is 1460. The SMILES string of the molecule is Cc1c(-c2c(C)c3c(c(C)c2CC=O)CCN(C(=O)c2cccc(OC(C)C)c2)C3)cc(F)c2c1CCCO2. The van der Waals surface area contributed by atoms with Gasteiger partial charge in [-0.05, 0) is 123 Å². The Morgan fingerprint density at radius 3 is 2.62 bits per heavy atom. The lowest BCUT2D eigenvalue weighted by atomic mass is 9.79. The second-order valence-corrected chi connectivity index (χ2v) is 10.9. The van der Waals surface area contributed by atoms with Crippen molar-refractivity contribution < 1.29 is 23.5 Å². The summed E-state index contributed by atoms with van der Waals surface area (Å²) in [4.78, 5) is 27.3. The number of carbonyl (C=O) groups excluding carboxylic acids is 2. The first-order chi connectivity index (χ1) is 18.7. The Morgan fingerprint density at radius 2 is 1.87 bits per heavy atom. The van der Waals surface area contributed by atoms with Crippen molar-refractivity contribution in [2.24, 2.45) is 0 Å². The van der Waals surface area contributed by atoms with E-state index < -0.39 is 0 Å². The van der Waals surface area contributed by atoms with Crippen LogP contribution in [0.1, 0.15) is 69.6 Å². The fourth-order valence-corrected chi connectivity index (χ4v) is 6.22. The highest BCUT2D eigenvalue weighted by atomic mass is 19.1. The fraction of sp³-hybridized carbons (Fsp3) is 0.394. The number of nitrogens with zero attached hydrogens (tertiary/aromatic N) is 1. The normalized spacial score (nSPS) is 14.5. The maximum Gasteiger partial charge on any atom is 0.254 e. The molecule has 0 unspecified atom stereocenters. The summed E-state index contributed by atoms with van der Waals surface area (Å²) < 4.78 is 26.8. The molecule has 39 heavy (non-hydrogen) atoms. The van der Waals surface area contributed by atoms with Crippen LogP contribution in [0.25, 0.3) is 11.1 Å². The van der Waals surface area contributed by atoms with Gasteiger partial charge in [0.2, 0.25) is 0 Å². The van der Waals surface area contributed by atoms with Crippen LogP contribution in [-0.4, -0.2) is 36.3 Å².